The molecule has 13 atom stereocenters. The van der Waals surface area contributed by atoms with Crippen molar-refractivity contribution in [3.8, 4) is 0 Å². The van der Waals surface area contributed by atoms with Crippen LogP contribution in [-0.2, 0) is 9.47 Å². The summed E-state index contributed by atoms with van der Waals surface area (Å²) in [5, 5.41) is 55.6. The van der Waals surface area contributed by atoms with E-state index >= 15 is 0 Å². The van der Waals surface area contributed by atoms with Crippen molar-refractivity contribution in [3.63, 3.8) is 0 Å². The first-order chi connectivity index (χ1) is 16.8. The van der Waals surface area contributed by atoms with Gasteiger partial charge in [-0.3, -0.25) is 0 Å². The molecule has 0 amide bonds. The highest BCUT2D eigenvalue weighted by molar-refractivity contribution is 5.47. The van der Waals surface area contributed by atoms with Gasteiger partial charge in [-0.2, -0.15) is 0 Å². The van der Waals surface area contributed by atoms with Gasteiger partial charge in [0.05, 0.1) is 18.3 Å². The number of allylic oxidation sites excluding steroid dienone is 4. The van der Waals surface area contributed by atoms with Crippen LogP contribution in [0.1, 0.15) is 73.1 Å². The Morgan fingerprint density at radius 1 is 1.03 bits per heavy atom. The molecule has 0 aromatic carbocycles. The number of aliphatic hydroxyl groups is 5. The topological polar surface area (TPSA) is 120 Å². The van der Waals surface area contributed by atoms with Crippen molar-refractivity contribution in [2.24, 2.45) is 40.4 Å². The zero-order valence-corrected chi connectivity index (χ0v) is 22.2. The highest BCUT2D eigenvalue weighted by atomic mass is 16.7. The van der Waals surface area contributed by atoms with Crippen molar-refractivity contribution >= 4 is 0 Å². The second-order valence-electron chi connectivity index (χ2n) is 13.7. The van der Waals surface area contributed by atoms with Gasteiger partial charge >= 0.3 is 0 Å². The third kappa shape index (κ3) is 3.05. The summed E-state index contributed by atoms with van der Waals surface area (Å²) in [4.78, 5) is 0. The lowest BCUT2D eigenvalue weighted by Crippen LogP contribution is -2.58. The van der Waals surface area contributed by atoms with E-state index in [4.69, 9.17) is 9.47 Å². The molecule has 0 radical (unpaired) electrons. The second kappa shape index (κ2) is 7.87. The van der Waals surface area contributed by atoms with Crippen LogP contribution < -0.4 is 0 Å². The van der Waals surface area contributed by atoms with Crippen LogP contribution in [0.3, 0.4) is 0 Å². The van der Waals surface area contributed by atoms with Crippen molar-refractivity contribution in [1.82, 2.24) is 0 Å². The fourth-order valence-electron chi connectivity index (χ4n) is 9.63. The minimum atomic E-state index is -1.82. The van der Waals surface area contributed by atoms with E-state index in [1.165, 1.54) is 18.1 Å². The van der Waals surface area contributed by atoms with Gasteiger partial charge in [0, 0.05) is 11.8 Å². The highest BCUT2D eigenvalue weighted by Crippen LogP contribution is 2.67. The third-order valence-electron chi connectivity index (χ3n) is 11.7. The zero-order valence-electron chi connectivity index (χ0n) is 22.2. The lowest BCUT2D eigenvalue weighted by atomic mass is 9.51. The van der Waals surface area contributed by atoms with Crippen molar-refractivity contribution in [1.29, 1.82) is 0 Å². The Labute approximate surface area is 214 Å². The molecule has 4 aliphatic carbocycles. The minimum Gasteiger partial charge on any atom is -0.393 e. The second-order valence-corrected chi connectivity index (χ2v) is 13.7. The van der Waals surface area contributed by atoms with E-state index in [9.17, 15) is 25.5 Å². The maximum Gasteiger partial charge on any atom is 0.195 e. The van der Waals surface area contributed by atoms with Crippen molar-refractivity contribution in [3.05, 3.63) is 23.3 Å². The minimum absolute atomic E-state index is 0.0514. The summed E-state index contributed by atoms with van der Waals surface area (Å²) in [5.74, 6) is -2.46. The van der Waals surface area contributed by atoms with Gasteiger partial charge < -0.3 is 35.0 Å². The summed E-state index contributed by atoms with van der Waals surface area (Å²) in [6, 6.07) is 0. The first-order valence-electron chi connectivity index (χ1n) is 14.0. The van der Waals surface area contributed by atoms with E-state index < -0.39 is 41.9 Å². The Hall–Kier alpha value is -0.800. The van der Waals surface area contributed by atoms with Gasteiger partial charge in [-0.05, 0) is 85.2 Å². The number of hydrogen-bond acceptors (Lipinski definition) is 7. The molecule has 2 saturated carbocycles. The van der Waals surface area contributed by atoms with Crippen LogP contribution >= 0.6 is 0 Å². The molecular weight excluding hydrogens is 460 g/mol. The van der Waals surface area contributed by atoms with E-state index in [2.05, 4.69) is 26.0 Å². The summed E-state index contributed by atoms with van der Waals surface area (Å²) >= 11 is 0. The first kappa shape index (κ1) is 25.5. The van der Waals surface area contributed by atoms with Crippen LogP contribution in [0.4, 0.5) is 0 Å². The maximum atomic E-state index is 11.5. The highest BCUT2D eigenvalue weighted by Gasteiger charge is 2.73. The predicted octanol–water partition coefficient (Wildman–Crippen LogP) is 2.65. The van der Waals surface area contributed by atoms with Gasteiger partial charge in [0.1, 0.15) is 11.7 Å². The number of aliphatic hydroxyl groups excluding tert-OH is 3. The van der Waals surface area contributed by atoms with Crippen LogP contribution in [0.25, 0.3) is 0 Å². The molecule has 6 aliphatic rings. The average molecular weight is 505 g/mol. The zero-order chi connectivity index (χ0) is 26.0. The summed E-state index contributed by atoms with van der Waals surface area (Å²) in [6.07, 6.45) is 6.05. The van der Waals surface area contributed by atoms with E-state index in [0.29, 0.717) is 12.3 Å². The quantitative estimate of drug-likeness (QED) is 0.392. The molecule has 7 heteroatoms. The Morgan fingerprint density at radius 3 is 2.44 bits per heavy atom. The summed E-state index contributed by atoms with van der Waals surface area (Å²) in [6.45, 7) is 9.66. The number of ether oxygens (including phenoxy) is 2. The number of rotatable bonds is 2. The molecule has 0 bridgehead atoms. The lowest BCUT2D eigenvalue weighted by Gasteiger charge is -2.53. The summed E-state index contributed by atoms with van der Waals surface area (Å²) in [5.41, 5.74) is 0.803. The predicted molar refractivity (Wildman–Crippen MR) is 132 cm³/mol. The van der Waals surface area contributed by atoms with Crippen molar-refractivity contribution in [2.45, 2.75) is 115 Å². The molecule has 36 heavy (non-hydrogen) atoms. The Kier molecular flexibility index (Phi) is 5.57. The molecule has 3 unspecified atom stereocenters. The van der Waals surface area contributed by atoms with E-state index in [-0.39, 0.29) is 34.7 Å². The summed E-state index contributed by atoms with van der Waals surface area (Å²) in [7, 11) is 0. The van der Waals surface area contributed by atoms with Crippen molar-refractivity contribution in [2.75, 3.05) is 0 Å². The summed E-state index contributed by atoms with van der Waals surface area (Å²) < 4.78 is 12.0. The fourth-order valence-corrected chi connectivity index (χ4v) is 9.63. The van der Waals surface area contributed by atoms with E-state index in [1.807, 2.05) is 13.8 Å². The smallest absolute Gasteiger partial charge is 0.195 e. The Balaban J connectivity index is 1.35. The van der Waals surface area contributed by atoms with E-state index in [1.54, 1.807) is 0 Å². The molecule has 6 rings (SSSR count). The SMILES string of the molecule is CC(C)[C@]1(O)[C@H]2O[C@@H](O)C([C@H]3[C@H](O)CC4C5=CCC6C[C@@H](O)CC[C@]6(C)C5=CC[C@@]43C)[C@H]2O[C@]1(C)O. The Morgan fingerprint density at radius 2 is 1.75 bits per heavy atom. The monoisotopic (exact) mass is 504 g/mol. The van der Waals surface area contributed by atoms with Gasteiger partial charge in [0.2, 0.25) is 0 Å². The Bertz CT molecular complexity index is 988. The third-order valence-corrected chi connectivity index (χ3v) is 11.7. The van der Waals surface area contributed by atoms with Crippen LogP contribution in [-0.4, -0.2) is 67.6 Å². The lowest BCUT2D eigenvalue weighted by molar-refractivity contribution is -0.296. The number of hydrogen-bond donors (Lipinski definition) is 5. The van der Waals surface area contributed by atoms with Gasteiger partial charge in [0.25, 0.3) is 0 Å². The van der Waals surface area contributed by atoms with Gasteiger partial charge in [-0.25, -0.2) is 0 Å². The van der Waals surface area contributed by atoms with Gasteiger partial charge in [0.15, 0.2) is 12.1 Å². The maximum absolute atomic E-state index is 11.5. The number of fused-ring (bicyclic) bond motifs is 6. The molecule has 5 N–H and O–H groups in total. The van der Waals surface area contributed by atoms with Gasteiger partial charge in [-0.1, -0.05) is 39.8 Å². The molecule has 0 aromatic heterocycles. The van der Waals surface area contributed by atoms with E-state index in [0.717, 1.165) is 32.1 Å². The molecule has 4 fully saturated rings. The van der Waals surface area contributed by atoms with Crippen molar-refractivity contribution < 1.29 is 35.0 Å². The molecule has 202 valence electrons. The largest absolute Gasteiger partial charge is 0.393 e. The molecule has 0 spiro atoms. The normalized spacial score (nSPS) is 58.1. The first-order valence-corrected chi connectivity index (χ1v) is 14.0. The average Bonchev–Trinajstić information content (AvgIpc) is 3.31. The standard InChI is InChI=1S/C29H44O7/c1-14(2)29(34)24-23(36-28(29,5)33)21(25(32)35-24)22-20(31)13-19-17-7-6-15-12-16(30)8-10-26(15,3)18(17)9-11-27(19,22)4/h7,9,14-16,19-25,30-34H,6,8,10-13H2,1-5H3/t15?,16-,19?,20+,21?,22+,23+,24-,25+,26-,27-,28-,29-/m0/s1. The molecule has 2 heterocycles. The van der Waals surface area contributed by atoms with Crippen LogP contribution in [0.2, 0.25) is 0 Å². The molecule has 0 aromatic rings. The molecule has 7 nitrogen and oxygen atoms in total. The molecular formula is C29H44O7. The van der Waals surface area contributed by atoms with Crippen LogP contribution in [0.5, 0.6) is 0 Å². The van der Waals surface area contributed by atoms with Gasteiger partial charge in [-0.15, -0.1) is 0 Å². The fraction of sp³-hybridized carbons (Fsp3) is 0.862. The van der Waals surface area contributed by atoms with Crippen LogP contribution in [0, 0.1) is 40.4 Å². The van der Waals surface area contributed by atoms with Crippen LogP contribution in [0.15, 0.2) is 23.3 Å². The molecule has 2 aliphatic heterocycles. The molecule has 2 saturated heterocycles.